The third kappa shape index (κ3) is 3.93. The number of halogens is 3. The first-order valence-corrected chi connectivity index (χ1v) is 10.4. The Balaban J connectivity index is 1.91. The summed E-state index contributed by atoms with van der Waals surface area (Å²) in [6.07, 6.45) is -7.29. The summed E-state index contributed by atoms with van der Waals surface area (Å²) < 4.78 is 53.0. The van der Waals surface area contributed by atoms with Crippen LogP contribution in [0.3, 0.4) is 0 Å². The number of rotatable bonds is 4. The Morgan fingerprint density at radius 2 is 1.78 bits per heavy atom. The fourth-order valence-electron chi connectivity index (χ4n) is 4.97. The number of carbonyl (C=O) groups is 2. The molecule has 2 aromatic carbocycles. The number of aliphatic hydroxyl groups is 1. The van der Waals surface area contributed by atoms with Gasteiger partial charge in [0.15, 0.2) is 17.7 Å². The molecule has 0 aromatic heterocycles. The van der Waals surface area contributed by atoms with Crippen molar-refractivity contribution in [1.82, 2.24) is 0 Å². The summed E-state index contributed by atoms with van der Waals surface area (Å²) >= 11 is 0. The van der Waals surface area contributed by atoms with Crippen LogP contribution in [-0.2, 0) is 9.53 Å². The first-order chi connectivity index (χ1) is 15.2. The number of hydrogen-bond acceptors (Lipinski definition) is 5. The number of hydrogen-bond donors (Lipinski definition) is 1. The molecule has 1 aliphatic carbocycles. The molecule has 32 heavy (non-hydrogen) atoms. The Morgan fingerprint density at radius 1 is 1.12 bits per heavy atom. The Labute approximate surface area is 183 Å². The molecule has 8 heteroatoms. The van der Waals surface area contributed by atoms with Crippen LogP contribution in [-0.4, -0.2) is 41.9 Å². The summed E-state index contributed by atoms with van der Waals surface area (Å²) in [7, 11) is 1.45. The van der Waals surface area contributed by atoms with Crippen molar-refractivity contribution in [2.75, 3.05) is 7.11 Å². The minimum absolute atomic E-state index is 0.0857. The highest BCUT2D eigenvalue weighted by Gasteiger charge is 2.65. The van der Waals surface area contributed by atoms with Gasteiger partial charge in [0, 0.05) is 24.3 Å². The van der Waals surface area contributed by atoms with Crippen molar-refractivity contribution < 1.29 is 37.3 Å². The van der Waals surface area contributed by atoms with Gasteiger partial charge in [-0.15, -0.1) is 0 Å². The number of carbonyl (C=O) groups excluding carboxylic acids is 2. The third-order valence-corrected chi connectivity index (χ3v) is 6.38. The second-order valence-corrected chi connectivity index (χ2v) is 8.28. The van der Waals surface area contributed by atoms with Gasteiger partial charge < -0.3 is 14.6 Å². The molecule has 1 saturated heterocycles. The van der Waals surface area contributed by atoms with Gasteiger partial charge in [0.2, 0.25) is 0 Å². The number of ketones is 2. The largest absolute Gasteiger partial charge is 0.497 e. The van der Waals surface area contributed by atoms with Crippen molar-refractivity contribution in [2.45, 2.75) is 43.2 Å². The number of benzene rings is 2. The maximum atomic E-state index is 14.2. The average molecular weight is 448 g/mol. The molecule has 1 heterocycles. The van der Waals surface area contributed by atoms with Crippen LogP contribution in [0.4, 0.5) is 13.2 Å². The van der Waals surface area contributed by atoms with E-state index < -0.39 is 47.4 Å². The summed E-state index contributed by atoms with van der Waals surface area (Å²) in [5, 5.41) is 11.1. The number of fused-ring (bicyclic) bond motifs is 1. The standard InChI is InChI=1S/C24H23F3O5/c1-31-16-11-9-14(10-12-16)18-19(21(29)15-6-3-2-4-7-15)22(24(25,26)27)32-23(30)13-5-8-17(28)20(18)23/h2-4,6-7,9-12,18-20,22,30H,5,8,13H2,1H3. The fraction of sp³-hybridized carbons (Fsp3) is 0.417. The minimum Gasteiger partial charge on any atom is -0.497 e. The Morgan fingerprint density at radius 3 is 2.38 bits per heavy atom. The van der Waals surface area contributed by atoms with Gasteiger partial charge in [-0.1, -0.05) is 42.5 Å². The molecule has 1 N–H and O–H groups in total. The van der Waals surface area contributed by atoms with Crippen molar-refractivity contribution in [3.8, 4) is 5.75 Å². The number of ether oxygens (including phenoxy) is 2. The molecule has 2 aliphatic rings. The molecule has 0 radical (unpaired) electrons. The van der Waals surface area contributed by atoms with Crippen LogP contribution in [0.1, 0.15) is 41.1 Å². The van der Waals surface area contributed by atoms with Gasteiger partial charge in [0.1, 0.15) is 11.5 Å². The van der Waals surface area contributed by atoms with Crippen LogP contribution >= 0.6 is 0 Å². The summed E-state index contributed by atoms with van der Waals surface area (Å²) in [5.74, 6) is -7.26. The van der Waals surface area contributed by atoms with Crippen molar-refractivity contribution in [3.63, 3.8) is 0 Å². The van der Waals surface area contributed by atoms with Crippen LogP contribution in [0.15, 0.2) is 54.6 Å². The fourth-order valence-corrected chi connectivity index (χ4v) is 4.97. The molecular formula is C24H23F3O5. The zero-order valence-corrected chi connectivity index (χ0v) is 17.3. The quantitative estimate of drug-likeness (QED) is 0.707. The topological polar surface area (TPSA) is 72.8 Å². The predicted octanol–water partition coefficient (Wildman–Crippen LogP) is 4.30. The van der Waals surface area contributed by atoms with Crippen molar-refractivity contribution in [2.24, 2.45) is 11.8 Å². The number of methoxy groups -OCH3 is 1. The predicted molar refractivity (Wildman–Crippen MR) is 108 cm³/mol. The van der Waals surface area contributed by atoms with Gasteiger partial charge in [0.25, 0.3) is 0 Å². The molecule has 5 nitrogen and oxygen atoms in total. The second kappa shape index (κ2) is 8.33. The van der Waals surface area contributed by atoms with Gasteiger partial charge in [-0.2, -0.15) is 13.2 Å². The normalized spacial score (nSPS) is 30.5. The molecule has 170 valence electrons. The highest BCUT2D eigenvalue weighted by molar-refractivity contribution is 6.00. The van der Waals surface area contributed by atoms with E-state index in [9.17, 15) is 27.9 Å². The van der Waals surface area contributed by atoms with E-state index >= 15 is 0 Å². The summed E-state index contributed by atoms with van der Waals surface area (Å²) in [5.41, 5.74) is 0.430. The van der Waals surface area contributed by atoms with Crippen LogP contribution in [0, 0.1) is 11.8 Å². The van der Waals surface area contributed by atoms with Crippen molar-refractivity contribution in [1.29, 1.82) is 0 Å². The zero-order chi connectivity index (χ0) is 23.1. The summed E-state index contributed by atoms with van der Waals surface area (Å²) in [6, 6.07) is 13.8. The van der Waals surface area contributed by atoms with Crippen molar-refractivity contribution in [3.05, 3.63) is 65.7 Å². The van der Waals surface area contributed by atoms with Gasteiger partial charge >= 0.3 is 6.18 Å². The lowest BCUT2D eigenvalue weighted by Gasteiger charge is -2.52. The summed E-state index contributed by atoms with van der Waals surface area (Å²) in [4.78, 5) is 26.4. The number of Topliss-reactive ketones (excluding diaryl/α,β-unsaturated/α-hetero) is 2. The van der Waals surface area contributed by atoms with E-state index in [0.717, 1.165) is 0 Å². The molecule has 5 unspecified atom stereocenters. The molecule has 2 aromatic rings. The van der Waals surface area contributed by atoms with Crippen LogP contribution in [0.25, 0.3) is 0 Å². The molecule has 1 saturated carbocycles. The SMILES string of the molecule is COc1ccc(C2C(C(=O)c3ccccc3)C(C(F)(F)F)OC3(O)CCCC(=O)C23)cc1. The van der Waals surface area contributed by atoms with Crippen molar-refractivity contribution >= 4 is 11.6 Å². The number of alkyl halides is 3. The molecule has 4 rings (SSSR count). The van der Waals surface area contributed by atoms with E-state index in [-0.39, 0.29) is 24.8 Å². The van der Waals surface area contributed by atoms with Gasteiger partial charge in [-0.3, -0.25) is 9.59 Å². The molecule has 0 spiro atoms. The maximum Gasteiger partial charge on any atom is 0.415 e. The lowest BCUT2D eigenvalue weighted by molar-refractivity contribution is -0.354. The van der Waals surface area contributed by atoms with E-state index in [1.807, 2.05) is 0 Å². The Bertz CT molecular complexity index is 989. The average Bonchev–Trinajstić information content (AvgIpc) is 2.77. The Hall–Kier alpha value is -2.71. The van der Waals surface area contributed by atoms with E-state index in [0.29, 0.717) is 11.3 Å². The van der Waals surface area contributed by atoms with Crippen LogP contribution in [0.5, 0.6) is 5.75 Å². The highest BCUT2D eigenvalue weighted by atomic mass is 19.4. The van der Waals surface area contributed by atoms with E-state index in [4.69, 9.17) is 9.47 Å². The molecule has 2 fully saturated rings. The summed E-state index contributed by atoms with van der Waals surface area (Å²) in [6.45, 7) is 0. The lowest BCUT2D eigenvalue weighted by atomic mass is 9.62. The minimum atomic E-state index is -4.93. The molecule has 5 atom stereocenters. The van der Waals surface area contributed by atoms with Gasteiger partial charge in [-0.25, -0.2) is 0 Å². The van der Waals surface area contributed by atoms with E-state index in [1.54, 1.807) is 30.3 Å². The molecule has 0 amide bonds. The van der Waals surface area contributed by atoms with Crippen LogP contribution in [0.2, 0.25) is 0 Å². The lowest BCUT2D eigenvalue weighted by Crippen LogP contribution is -2.63. The third-order valence-electron chi connectivity index (χ3n) is 6.38. The van der Waals surface area contributed by atoms with E-state index in [1.165, 1.54) is 31.4 Å². The maximum absolute atomic E-state index is 14.2. The van der Waals surface area contributed by atoms with Gasteiger partial charge in [-0.05, 0) is 24.1 Å². The Kier molecular flexibility index (Phi) is 5.85. The first-order valence-electron chi connectivity index (χ1n) is 10.4. The monoisotopic (exact) mass is 448 g/mol. The second-order valence-electron chi connectivity index (χ2n) is 8.28. The van der Waals surface area contributed by atoms with Crippen LogP contribution < -0.4 is 4.74 Å². The van der Waals surface area contributed by atoms with Gasteiger partial charge in [0.05, 0.1) is 18.9 Å². The highest BCUT2D eigenvalue weighted by Crippen LogP contribution is 2.54. The molecule has 1 aliphatic heterocycles. The first kappa shape index (κ1) is 22.5. The molecular weight excluding hydrogens is 425 g/mol. The zero-order valence-electron chi connectivity index (χ0n) is 17.3. The van der Waals surface area contributed by atoms with E-state index in [2.05, 4.69) is 0 Å². The smallest absolute Gasteiger partial charge is 0.415 e. The molecule has 0 bridgehead atoms.